The van der Waals surface area contributed by atoms with Crippen molar-refractivity contribution in [3.8, 4) is 0 Å². The average molecular weight is 269 g/mol. The Morgan fingerprint density at radius 1 is 1.39 bits per heavy atom. The van der Waals surface area contributed by atoms with Crippen molar-refractivity contribution in [1.82, 2.24) is 4.98 Å². The highest BCUT2D eigenvalue weighted by molar-refractivity contribution is 5.93. The molecule has 1 heterocycles. The summed E-state index contributed by atoms with van der Waals surface area (Å²) in [5, 5.41) is 0. The molecule has 0 saturated carbocycles. The molecule has 0 aliphatic heterocycles. The molecular formula is C9H8F5N3O. The number of hydrogen-bond donors (Lipinski definition) is 2. The summed E-state index contributed by atoms with van der Waals surface area (Å²) < 4.78 is 62.9. The Bertz CT molecular complexity index is 472. The number of carbonyl (C=O) groups excluding carboxylic acids is 1. The van der Waals surface area contributed by atoms with E-state index in [0.717, 1.165) is 0 Å². The minimum absolute atomic E-state index is 0.514. The van der Waals surface area contributed by atoms with E-state index < -0.39 is 47.6 Å². The van der Waals surface area contributed by atoms with Crippen LogP contribution < -0.4 is 11.5 Å². The zero-order chi connectivity index (χ0) is 14.1. The second-order valence-electron chi connectivity index (χ2n) is 3.30. The van der Waals surface area contributed by atoms with Crippen molar-refractivity contribution in [2.75, 3.05) is 0 Å². The third-order valence-electron chi connectivity index (χ3n) is 2.08. The van der Waals surface area contributed by atoms with Crippen LogP contribution in [0, 0.1) is 0 Å². The molecule has 1 aromatic rings. The lowest BCUT2D eigenvalue weighted by Crippen LogP contribution is -2.24. The number of primary amides is 1. The van der Waals surface area contributed by atoms with Gasteiger partial charge in [0.2, 0.25) is 0 Å². The van der Waals surface area contributed by atoms with Gasteiger partial charge in [-0.05, 0) is 11.6 Å². The largest absolute Gasteiger partial charge is 0.419 e. The van der Waals surface area contributed by atoms with E-state index in [0.29, 0.717) is 6.07 Å². The first-order chi connectivity index (χ1) is 8.18. The Morgan fingerprint density at radius 3 is 2.28 bits per heavy atom. The first-order valence-electron chi connectivity index (χ1n) is 4.57. The standard InChI is InChI=1S/C9H8F5N3O/c10-7(11)4-1-3(2-15)5(9(12,13)14)6(17-4)8(16)18/h1,7H,2,15H2,(H2,16,18). The predicted octanol–water partition coefficient (Wildman–Crippen LogP) is 1.60. The van der Waals surface area contributed by atoms with E-state index in [1.165, 1.54) is 0 Å². The van der Waals surface area contributed by atoms with Crippen molar-refractivity contribution in [1.29, 1.82) is 0 Å². The normalized spacial score (nSPS) is 11.9. The minimum atomic E-state index is -4.95. The highest BCUT2D eigenvalue weighted by Crippen LogP contribution is 2.35. The molecule has 1 rings (SSSR count). The van der Waals surface area contributed by atoms with Crippen LogP contribution in [0.15, 0.2) is 6.07 Å². The number of rotatable bonds is 3. The molecule has 4 N–H and O–H groups in total. The molecule has 100 valence electrons. The van der Waals surface area contributed by atoms with Gasteiger partial charge in [0.25, 0.3) is 12.3 Å². The number of pyridine rings is 1. The number of halogens is 5. The molecule has 0 unspecified atom stereocenters. The number of alkyl halides is 5. The van der Waals surface area contributed by atoms with E-state index >= 15 is 0 Å². The van der Waals surface area contributed by atoms with Crippen LogP contribution in [-0.4, -0.2) is 10.9 Å². The highest BCUT2D eigenvalue weighted by Gasteiger charge is 2.39. The van der Waals surface area contributed by atoms with Gasteiger partial charge in [0, 0.05) is 6.54 Å². The fourth-order valence-corrected chi connectivity index (χ4v) is 1.39. The van der Waals surface area contributed by atoms with Crippen molar-refractivity contribution in [2.24, 2.45) is 11.5 Å². The van der Waals surface area contributed by atoms with E-state index in [-0.39, 0.29) is 0 Å². The van der Waals surface area contributed by atoms with Crippen LogP contribution in [0.25, 0.3) is 0 Å². The lowest BCUT2D eigenvalue weighted by atomic mass is 10.0. The number of nitrogens with zero attached hydrogens (tertiary/aromatic N) is 1. The molecule has 0 fully saturated rings. The van der Waals surface area contributed by atoms with Crippen molar-refractivity contribution >= 4 is 5.91 Å². The summed E-state index contributed by atoms with van der Waals surface area (Å²) in [6, 6.07) is 0.514. The highest BCUT2D eigenvalue weighted by atomic mass is 19.4. The lowest BCUT2D eigenvalue weighted by Gasteiger charge is -2.15. The molecule has 1 amide bonds. The summed E-state index contributed by atoms with van der Waals surface area (Å²) in [5.41, 5.74) is 5.43. The van der Waals surface area contributed by atoms with Crippen LogP contribution in [-0.2, 0) is 12.7 Å². The Morgan fingerprint density at radius 2 is 1.94 bits per heavy atom. The number of amides is 1. The van der Waals surface area contributed by atoms with Crippen LogP contribution in [0.5, 0.6) is 0 Å². The van der Waals surface area contributed by atoms with Crippen LogP contribution in [0.4, 0.5) is 22.0 Å². The fourth-order valence-electron chi connectivity index (χ4n) is 1.39. The maximum absolute atomic E-state index is 12.7. The molecule has 0 spiro atoms. The van der Waals surface area contributed by atoms with Gasteiger partial charge in [-0.2, -0.15) is 13.2 Å². The quantitative estimate of drug-likeness (QED) is 0.817. The third kappa shape index (κ3) is 2.73. The molecule has 0 bridgehead atoms. The first kappa shape index (κ1) is 14.3. The maximum atomic E-state index is 12.7. The fraction of sp³-hybridized carbons (Fsp3) is 0.333. The van der Waals surface area contributed by atoms with E-state index in [2.05, 4.69) is 4.98 Å². The van der Waals surface area contributed by atoms with Crippen molar-refractivity contribution < 1.29 is 26.7 Å². The molecule has 0 saturated heterocycles. The second-order valence-corrected chi connectivity index (χ2v) is 3.30. The Labute approximate surface area is 97.8 Å². The summed E-state index contributed by atoms with van der Waals surface area (Å²) in [6.45, 7) is -0.669. The van der Waals surface area contributed by atoms with Gasteiger partial charge in [0.15, 0.2) is 0 Å². The van der Waals surface area contributed by atoms with Gasteiger partial charge in [-0.3, -0.25) is 4.79 Å². The van der Waals surface area contributed by atoms with Gasteiger partial charge in [-0.1, -0.05) is 0 Å². The Balaban J connectivity index is 3.62. The van der Waals surface area contributed by atoms with Crippen molar-refractivity contribution in [2.45, 2.75) is 19.1 Å². The van der Waals surface area contributed by atoms with Gasteiger partial charge >= 0.3 is 6.18 Å². The number of aromatic nitrogens is 1. The zero-order valence-electron chi connectivity index (χ0n) is 8.76. The lowest BCUT2D eigenvalue weighted by molar-refractivity contribution is -0.138. The predicted molar refractivity (Wildman–Crippen MR) is 50.6 cm³/mol. The van der Waals surface area contributed by atoms with E-state index in [4.69, 9.17) is 11.5 Å². The van der Waals surface area contributed by atoms with Gasteiger partial charge in [-0.25, -0.2) is 13.8 Å². The van der Waals surface area contributed by atoms with Crippen LogP contribution in [0.2, 0.25) is 0 Å². The van der Waals surface area contributed by atoms with Gasteiger partial charge in [0.1, 0.15) is 11.4 Å². The molecule has 18 heavy (non-hydrogen) atoms. The molecule has 0 aromatic carbocycles. The summed E-state index contributed by atoms with van der Waals surface area (Å²) in [7, 11) is 0. The molecule has 1 aromatic heterocycles. The van der Waals surface area contributed by atoms with E-state index in [1.807, 2.05) is 0 Å². The first-order valence-corrected chi connectivity index (χ1v) is 4.57. The molecule has 0 aliphatic rings. The summed E-state index contributed by atoms with van der Waals surface area (Å²) >= 11 is 0. The SMILES string of the molecule is NCc1cc(C(F)F)nc(C(N)=O)c1C(F)(F)F. The van der Waals surface area contributed by atoms with E-state index in [9.17, 15) is 26.7 Å². The molecule has 0 aliphatic carbocycles. The molecular weight excluding hydrogens is 261 g/mol. The van der Waals surface area contributed by atoms with Crippen molar-refractivity contribution in [3.63, 3.8) is 0 Å². The van der Waals surface area contributed by atoms with Crippen LogP contribution in [0.1, 0.15) is 33.7 Å². The molecule has 0 atom stereocenters. The topological polar surface area (TPSA) is 82.0 Å². The van der Waals surface area contributed by atoms with Gasteiger partial charge in [-0.15, -0.1) is 0 Å². The second kappa shape index (κ2) is 4.84. The maximum Gasteiger partial charge on any atom is 0.419 e. The van der Waals surface area contributed by atoms with Crippen LogP contribution in [0.3, 0.4) is 0 Å². The number of carbonyl (C=O) groups is 1. The summed E-state index contributed by atoms with van der Waals surface area (Å²) in [4.78, 5) is 13.8. The van der Waals surface area contributed by atoms with E-state index in [1.54, 1.807) is 0 Å². The molecule has 9 heteroatoms. The van der Waals surface area contributed by atoms with Crippen LogP contribution >= 0.6 is 0 Å². The summed E-state index contributed by atoms with van der Waals surface area (Å²) in [6.07, 6.45) is -8.08. The third-order valence-corrected chi connectivity index (χ3v) is 2.08. The number of hydrogen-bond acceptors (Lipinski definition) is 3. The number of nitrogens with two attached hydrogens (primary N) is 2. The monoisotopic (exact) mass is 269 g/mol. The summed E-state index contributed by atoms with van der Waals surface area (Å²) in [5.74, 6) is -1.54. The van der Waals surface area contributed by atoms with Gasteiger partial charge < -0.3 is 11.5 Å². The molecule has 0 radical (unpaired) electrons. The Kier molecular flexibility index (Phi) is 3.85. The minimum Gasteiger partial charge on any atom is -0.364 e. The Hall–Kier alpha value is -1.77. The van der Waals surface area contributed by atoms with Crippen molar-refractivity contribution in [3.05, 3.63) is 28.6 Å². The molecule has 4 nitrogen and oxygen atoms in total. The smallest absolute Gasteiger partial charge is 0.364 e. The van der Waals surface area contributed by atoms with Gasteiger partial charge in [0.05, 0.1) is 5.56 Å². The zero-order valence-corrected chi connectivity index (χ0v) is 8.76. The average Bonchev–Trinajstić information content (AvgIpc) is 2.25.